The Kier molecular flexibility index (Phi) is 11.9. The van der Waals surface area contributed by atoms with Gasteiger partial charge in [-0.3, -0.25) is 14.4 Å². The molecule has 1 aromatic rings. The van der Waals surface area contributed by atoms with Gasteiger partial charge in [0.1, 0.15) is 12.1 Å². The molecule has 2 atom stereocenters. The predicted molar refractivity (Wildman–Crippen MR) is 155 cm³/mol. The first kappa shape index (κ1) is 31.5. The van der Waals surface area contributed by atoms with Crippen LogP contribution in [-0.2, 0) is 30.8 Å². The summed E-state index contributed by atoms with van der Waals surface area (Å²) in [6.07, 6.45) is 7.31. The molecule has 2 aliphatic heterocycles. The number of piperidine rings is 1. The van der Waals surface area contributed by atoms with Crippen LogP contribution >= 0.6 is 0 Å². The molecule has 0 saturated carbocycles. The fraction of sp³-hybridized carbons (Fsp3) is 0.643. The summed E-state index contributed by atoms with van der Waals surface area (Å²) in [4.78, 5) is 46.1. The first-order chi connectivity index (χ1) is 19.1. The lowest BCUT2D eigenvalue weighted by atomic mass is 9.97. The summed E-state index contributed by atoms with van der Waals surface area (Å²) in [6.45, 7) is 4.28. The molecule has 0 aliphatic carbocycles. The number of hydrogen-bond donors (Lipinski definition) is 3. The van der Waals surface area contributed by atoms with E-state index in [1.807, 2.05) is 35.2 Å². The number of carbonyl (C=O) groups is 3. The van der Waals surface area contributed by atoms with E-state index in [1.54, 1.807) is 0 Å². The van der Waals surface area contributed by atoms with Gasteiger partial charge >= 0.3 is 0 Å². The molecule has 2 fully saturated rings. The topological polar surface area (TPSA) is 154 Å². The van der Waals surface area contributed by atoms with E-state index in [4.69, 9.17) is 5.73 Å². The maximum atomic E-state index is 13.5. The maximum absolute atomic E-state index is 13.5. The molecule has 2 aliphatic rings. The van der Waals surface area contributed by atoms with Gasteiger partial charge in [-0.05, 0) is 50.0 Å². The number of nitrogens with two attached hydrogens (primary N) is 1. The van der Waals surface area contributed by atoms with Crippen LogP contribution in [0.25, 0.3) is 0 Å². The van der Waals surface area contributed by atoms with Crippen molar-refractivity contribution in [3.05, 3.63) is 35.9 Å². The zero-order valence-corrected chi connectivity index (χ0v) is 24.5. The van der Waals surface area contributed by atoms with Gasteiger partial charge in [0, 0.05) is 32.6 Å². The van der Waals surface area contributed by atoms with Gasteiger partial charge in [-0.15, -0.1) is 0 Å². The number of guanidine groups is 1. The van der Waals surface area contributed by atoms with E-state index in [1.165, 1.54) is 4.90 Å². The molecule has 0 bridgehead atoms. The highest BCUT2D eigenvalue weighted by atomic mass is 32.2. The highest BCUT2D eigenvalue weighted by molar-refractivity contribution is 7.88. The number of hydrogen-bond acceptors (Lipinski definition) is 5. The van der Waals surface area contributed by atoms with Crippen LogP contribution in [0, 0.1) is 5.92 Å². The highest BCUT2D eigenvalue weighted by Crippen LogP contribution is 2.21. The molecule has 3 amide bonds. The number of rotatable bonds is 12. The van der Waals surface area contributed by atoms with Gasteiger partial charge in [-0.2, -0.15) is 4.99 Å². The van der Waals surface area contributed by atoms with E-state index in [0.717, 1.165) is 43.9 Å². The van der Waals surface area contributed by atoms with Gasteiger partial charge < -0.3 is 20.9 Å². The van der Waals surface area contributed by atoms with Crippen LogP contribution < -0.4 is 15.8 Å². The molecule has 3 rings (SSSR count). The summed E-state index contributed by atoms with van der Waals surface area (Å²) in [7, 11) is -3.64. The molecule has 0 spiro atoms. The smallest absolute Gasteiger partial charge is 0.248 e. The van der Waals surface area contributed by atoms with Gasteiger partial charge in [0.25, 0.3) is 0 Å². The van der Waals surface area contributed by atoms with Crippen LogP contribution in [0.5, 0.6) is 0 Å². The van der Waals surface area contributed by atoms with Crippen molar-refractivity contribution in [2.75, 3.05) is 32.4 Å². The third-order valence-electron chi connectivity index (χ3n) is 7.51. The van der Waals surface area contributed by atoms with E-state index in [9.17, 15) is 22.8 Å². The molecule has 0 aromatic heterocycles. The van der Waals surface area contributed by atoms with Crippen molar-refractivity contribution in [1.29, 1.82) is 0 Å². The average Bonchev–Trinajstić information content (AvgIpc) is 3.41. The fourth-order valence-corrected chi connectivity index (χ4v) is 6.00. The Labute approximate surface area is 238 Å². The molecule has 1 aromatic carbocycles. The van der Waals surface area contributed by atoms with Crippen LogP contribution in [0.1, 0.15) is 63.9 Å². The molecule has 40 heavy (non-hydrogen) atoms. The Morgan fingerprint density at radius 1 is 1.07 bits per heavy atom. The second-order valence-corrected chi connectivity index (χ2v) is 12.6. The van der Waals surface area contributed by atoms with E-state index in [0.29, 0.717) is 45.4 Å². The van der Waals surface area contributed by atoms with E-state index in [-0.39, 0.29) is 36.0 Å². The fourth-order valence-electron chi connectivity index (χ4n) is 5.30. The minimum Gasteiger partial charge on any atom is -0.369 e. The van der Waals surface area contributed by atoms with Gasteiger partial charge in [-0.1, -0.05) is 50.1 Å². The number of unbranched alkanes of at least 4 members (excludes halogenated alkanes) is 2. The lowest BCUT2D eigenvalue weighted by Crippen LogP contribution is -2.54. The molecule has 2 heterocycles. The number of aliphatic imine (C=N–C) groups is 1. The normalized spacial score (nSPS) is 19.4. The molecule has 0 unspecified atom stereocenters. The van der Waals surface area contributed by atoms with Crippen molar-refractivity contribution in [2.45, 2.75) is 76.8 Å². The number of nitrogens with zero attached hydrogens (tertiary/aromatic N) is 3. The van der Waals surface area contributed by atoms with Crippen LogP contribution in [0.4, 0.5) is 0 Å². The maximum Gasteiger partial charge on any atom is 0.248 e. The monoisotopic (exact) mass is 576 g/mol. The van der Waals surface area contributed by atoms with Crippen LogP contribution in [0.2, 0.25) is 0 Å². The average molecular weight is 577 g/mol. The molecule has 222 valence electrons. The first-order valence-corrected chi connectivity index (χ1v) is 16.2. The van der Waals surface area contributed by atoms with Gasteiger partial charge in [0.05, 0.1) is 6.26 Å². The number of likely N-dealkylation sites (tertiary alicyclic amines) is 2. The predicted octanol–water partition coefficient (Wildman–Crippen LogP) is 1.39. The lowest BCUT2D eigenvalue weighted by Gasteiger charge is -2.33. The van der Waals surface area contributed by atoms with Crippen LogP contribution in [0.15, 0.2) is 35.3 Å². The minimum atomic E-state index is -3.64. The summed E-state index contributed by atoms with van der Waals surface area (Å²) in [5, 5.41) is 3.02. The molecule has 12 heteroatoms. The highest BCUT2D eigenvalue weighted by Gasteiger charge is 2.38. The zero-order valence-electron chi connectivity index (χ0n) is 23.7. The molecule has 0 radical (unpaired) electrons. The Balaban J connectivity index is 1.51. The minimum absolute atomic E-state index is 0.186. The van der Waals surface area contributed by atoms with Gasteiger partial charge in [-0.25, -0.2) is 13.1 Å². The lowest BCUT2D eigenvalue weighted by molar-refractivity contribution is -0.139. The largest absolute Gasteiger partial charge is 0.369 e. The standard InChI is InChI=1S/C28H44N6O5S/c1-3-4-6-13-25(35)31-28(29)33-17-14-22(15-18-33)20-30-26(36)24-12-9-16-34(24)27(37)23(32-40(2,38)39)19-21-10-7-5-8-11-21/h5,7-8,10-11,22-24,32H,3-4,6,9,12-20H2,1-2H3,(H,30,36)(H2,29,31,35)/t23-,24+/m1/s1. The Morgan fingerprint density at radius 3 is 2.42 bits per heavy atom. The van der Waals surface area contributed by atoms with E-state index >= 15 is 0 Å². The number of benzene rings is 1. The summed E-state index contributed by atoms with van der Waals surface area (Å²) >= 11 is 0. The molecular weight excluding hydrogens is 532 g/mol. The first-order valence-electron chi connectivity index (χ1n) is 14.3. The Bertz CT molecular complexity index is 1140. The second kappa shape index (κ2) is 15.1. The molecular formula is C28H44N6O5S. The summed E-state index contributed by atoms with van der Waals surface area (Å²) in [5.41, 5.74) is 6.89. The molecule has 4 N–H and O–H groups in total. The third kappa shape index (κ3) is 9.88. The summed E-state index contributed by atoms with van der Waals surface area (Å²) in [6, 6.07) is 7.60. The van der Waals surface area contributed by atoms with Crippen LogP contribution in [-0.4, -0.2) is 86.4 Å². The van der Waals surface area contributed by atoms with Crippen molar-refractivity contribution in [3.63, 3.8) is 0 Å². The Morgan fingerprint density at radius 2 is 1.77 bits per heavy atom. The van der Waals surface area contributed by atoms with Crippen molar-refractivity contribution in [2.24, 2.45) is 16.6 Å². The van der Waals surface area contributed by atoms with Crippen molar-refractivity contribution < 1.29 is 22.8 Å². The van der Waals surface area contributed by atoms with Crippen molar-refractivity contribution in [3.8, 4) is 0 Å². The third-order valence-corrected chi connectivity index (χ3v) is 8.23. The van der Waals surface area contributed by atoms with Crippen LogP contribution in [0.3, 0.4) is 0 Å². The zero-order chi connectivity index (χ0) is 29.1. The summed E-state index contributed by atoms with van der Waals surface area (Å²) in [5.74, 6) is -0.286. The van der Waals surface area contributed by atoms with Gasteiger partial charge in [0.15, 0.2) is 5.96 Å². The van der Waals surface area contributed by atoms with Crippen molar-refractivity contribution >= 4 is 33.7 Å². The van der Waals surface area contributed by atoms with E-state index in [2.05, 4.69) is 22.0 Å². The SMILES string of the molecule is CCCCCC(=O)N=C(N)N1CCC(CNC(=O)[C@@H]2CCCN2C(=O)[C@@H](Cc2ccccc2)NS(C)(=O)=O)CC1. The van der Waals surface area contributed by atoms with Gasteiger partial charge in [0.2, 0.25) is 27.7 Å². The molecule has 11 nitrogen and oxygen atoms in total. The Hall–Kier alpha value is -2.99. The molecule has 2 saturated heterocycles. The number of nitrogens with one attached hydrogen (secondary N) is 2. The quantitative estimate of drug-likeness (QED) is 0.193. The van der Waals surface area contributed by atoms with Crippen molar-refractivity contribution in [1.82, 2.24) is 19.8 Å². The number of carbonyl (C=O) groups excluding carboxylic acids is 3. The summed E-state index contributed by atoms with van der Waals surface area (Å²) < 4.78 is 26.5. The number of amides is 3. The second-order valence-electron chi connectivity index (χ2n) is 10.8. The number of sulfonamides is 1. The van der Waals surface area contributed by atoms with E-state index < -0.39 is 22.1 Å².